The maximum Gasteiger partial charge on any atom is 0.372 e. The number of hydrogen-bond acceptors (Lipinski definition) is 3. The van der Waals surface area contributed by atoms with E-state index in [1.165, 1.54) is 17.4 Å². The number of furan rings is 1. The number of nitrogens with zero attached hydrogens (tertiary/aromatic N) is 1. The molecule has 0 radical (unpaired) electrons. The maximum absolute atomic E-state index is 11.0. The lowest BCUT2D eigenvalue weighted by Gasteiger charge is -2.17. The van der Waals surface area contributed by atoms with E-state index in [1.54, 1.807) is 6.07 Å². The summed E-state index contributed by atoms with van der Waals surface area (Å²) in [6.45, 7) is 3.40. The predicted molar refractivity (Wildman–Crippen MR) is 72.0 cm³/mol. The van der Waals surface area contributed by atoms with Crippen LogP contribution >= 0.6 is 0 Å². The van der Waals surface area contributed by atoms with Gasteiger partial charge >= 0.3 is 5.97 Å². The fourth-order valence-electron chi connectivity index (χ4n) is 2.07. The lowest BCUT2D eigenvalue weighted by atomic mass is 10.1. The van der Waals surface area contributed by atoms with Crippen molar-refractivity contribution in [1.29, 1.82) is 0 Å². The summed E-state index contributed by atoms with van der Waals surface area (Å²) < 4.78 is 4.97. The zero-order valence-corrected chi connectivity index (χ0v) is 11.1. The molecule has 0 amide bonds. The van der Waals surface area contributed by atoms with Crippen molar-refractivity contribution in [3.05, 3.63) is 59.0 Å². The van der Waals surface area contributed by atoms with Gasteiger partial charge in [-0.2, -0.15) is 0 Å². The molecule has 0 aliphatic rings. The van der Waals surface area contributed by atoms with E-state index < -0.39 is 5.97 Å². The molecule has 0 aliphatic heterocycles. The first-order valence-electron chi connectivity index (χ1n) is 6.10. The quantitative estimate of drug-likeness (QED) is 0.897. The Labute approximate surface area is 112 Å². The molecular weight excluding hydrogens is 242 g/mol. The predicted octanol–water partition coefficient (Wildman–Crippen LogP) is 2.92. The summed E-state index contributed by atoms with van der Waals surface area (Å²) in [6.07, 6.45) is 1.42. The molecule has 1 heterocycles. The van der Waals surface area contributed by atoms with Crippen LogP contribution in [-0.2, 0) is 13.1 Å². The Morgan fingerprint density at radius 2 is 1.89 bits per heavy atom. The molecule has 4 heteroatoms. The van der Waals surface area contributed by atoms with Crippen molar-refractivity contribution in [3.8, 4) is 0 Å². The molecule has 100 valence electrons. The first kappa shape index (κ1) is 13.4. The van der Waals surface area contributed by atoms with Gasteiger partial charge in [-0.15, -0.1) is 0 Å². The maximum atomic E-state index is 11.0. The van der Waals surface area contributed by atoms with Gasteiger partial charge in [0.25, 0.3) is 0 Å². The van der Waals surface area contributed by atoms with Crippen molar-refractivity contribution >= 4 is 5.97 Å². The number of carboxylic acid groups (broad SMARTS) is 1. The molecule has 0 saturated heterocycles. The van der Waals surface area contributed by atoms with Gasteiger partial charge in [-0.3, -0.25) is 4.90 Å². The molecular formula is C15H17NO3. The summed E-state index contributed by atoms with van der Waals surface area (Å²) >= 11 is 0. The molecule has 0 spiro atoms. The first-order chi connectivity index (χ1) is 9.08. The van der Waals surface area contributed by atoms with Crippen molar-refractivity contribution in [3.63, 3.8) is 0 Å². The van der Waals surface area contributed by atoms with Gasteiger partial charge in [0.2, 0.25) is 5.76 Å². The molecule has 0 unspecified atom stereocenters. The van der Waals surface area contributed by atoms with Crippen LogP contribution in [0.3, 0.4) is 0 Å². The van der Waals surface area contributed by atoms with Crippen LogP contribution in [0.5, 0.6) is 0 Å². The summed E-state index contributed by atoms with van der Waals surface area (Å²) in [5.41, 5.74) is 3.17. The summed E-state index contributed by atoms with van der Waals surface area (Å²) in [5, 5.41) is 8.99. The highest BCUT2D eigenvalue weighted by Gasteiger charge is 2.15. The van der Waals surface area contributed by atoms with Gasteiger partial charge in [0.05, 0.1) is 6.26 Å². The summed E-state index contributed by atoms with van der Waals surface area (Å²) in [7, 11) is 1.96. The van der Waals surface area contributed by atoms with E-state index in [0.29, 0.717) is 12.1 Å². The van der Waals surface area contributed by atoms with Gasteiger partial charge in [0.1, 0.15) is 0 Å². The lowest BCUT2D eigenvalue weighted by Crippen LogP contribution is -2.18. The van der Waals surface area contributed by atoms with Crippen LogP contribution in [0.25, 0.3) is 0 Å². The van der Waals surface area contributed by atoms with Gasteiger partial charge in [-0.05, 0) is 31.2 Å². The van der Waals surface area contributed by atoms with E-state index in [0.717, 1.165) is 6.54 Å². The second kappa shape index (κ2) is 5.71. The van der Waals surface area contributed by atoms with E-state index in [2.05, 4.69) is 24.0 Å². The monoisotopic (exact) mass is 259 g/mol. The Balaban J connectivity index is 2.06. The summed E-state index contributed by atoms with van der Waals surface area (Å²) in [5.74, 6) is -0.999. The molecule has 0 fully saturated rings. The van der Waals surface area contributed by atoms with Gasteiger partial charge < -0.3 is 9.52 Å². The van der Waals surface area contributed by atoms with Crippen molar-refractivity contribution in [1.82, 2.24) is 4.90 Å². The number of carboxylic acids is 1. The van der Waals surface area contributed by atoms with Crippen molar-refractivity contribution in [2.24, 2.45) is 0 Å². The van der Waals surface area contributed by atoms with E-state index in [9.17, 15) is 4.79 Å². The molecule has 0 atom stereocenters. The highest BCUT2D eigenvalue weighted by atomic mass is 16.4. The number of rotatable bonds is 5. The summed E-state index contributed by atoms with van der Waals surface area (Å²) in [4.78, 5) is 13.0. The van der Waals surface area contributed by atoms with Crippen molar-refractivity contribution in [2.75, 3.05) is 7.05 Å². The average molecular weight is 259 g/mol. The molecule has 19 heavy (non-hydrogen) atoms. The van der Waals surface area contributed by atoms with E-state index >= 15 is 0 Å². The third kappa shape index (κ3) is 3.23. The Kier molecular flexibility index (Phi) is 4.02. The Bertz CT molecular complexity index is 574. The largest absolute Gasteiger partial charge is 0.475 e. The van der Waals surface area contributed by atoms with E-state index in [-0.39, 0.29) is 5.76 Å². The Morgan fingerprint density at radius 3 is 2.58 bits per heavy atom. The third-order valence-corrected chi connectivity index (χ3v) is 3.08. The third-order valence-electron chi connectivity index (χ3n) is 3.08. The van der Waals surface area contributed by atoms with Crippen molar-refractivity contribution < 1.29 is 14.3 Å². The van der Waals surface area contributed by atoms with Crippen LogP contribution in [0.2, 0.25) is 0 Å². The molecule has 0 bridgehead atoms. The molecule has 0 saturated carbocycles. The van der Waals surface area contributed by atoms with Crippen molar-refractivity contribution in [2.45, 2.75) is 20.0 Å². The van der Waals surface area contributed by atoms with Crippen LogP contribution in [0.1, 0.15) is 27.2 Å². The van der Waals surface area contributed by atoms with Crippen LogP contribution in [0, 0.1) is 6.92 Å². The van der Waals surface area contributed by atoms with Crippen LogP contribution in [0.15, 0.2) is 41.0 Å². The normalized spacial score (nSPS) is 10.9. The van der Waals surface area contributed by atoms with Crippen LogP contribution in [-0.4, -0.2) is 23.0 Å². The van der Waals surface area contributed by atoms with Gasteiger partial charge in [-0.1, -0.05) is 24.3 Å². The number of aryl methyl sites for hydroxylation is 1. The Hall–Kier alpha value is -2.07. The van der Waals surface area contributed by atoms with E-state index in [1.807, 2.05) is 19.2 Å². The molecule has 2 aromatic rings. The SMILES string of the molecule is Cc1ccccc1CN(C)Cc1ccoc1C(=O)O. The molecule has 4 nitrogen and oxygen atoms in total. The number of carbonyl (C=O) groups is 1. The molecule has 0 aliphatic carbocycles. The first-order valence-corrected chi connectivity index (χ1v) is 6.10. The zero-order chi connectivity index (χ0) is 13.8. The minimum absolute atomic E-state index is 0.0247. The van der Waals surface area contributed by atoms with Crippen LogP contribution in [0.4, 0.5) is 0 Å². The van der Waals surface area contributed by atoms with E-state index in [4.69, 9.17) is 9.52 Å². The second-order valence-corrected chi connectivity index (χ2v) is 4.68. The minimum atomic E-state index is -1.02. The minimum Gasteiger partial charge on any atom is -0.475 e. The number of benzene rings is 1. The zero-order valence-electron chi connectivity index (χ0n) is 11.1. The average Bonchev–Trinajstić information content (AvgIpc) is 2.80. The molecule has 1 aromatic carbocycles. The topological polar surface area (TPSA) is 53.7 Å². The summed E-state index contributed by atoms with van der Waals surface area (Å²) in [6, 6.07) is 9.88. The van der Waals surface area contributed by atoms with Gasteiger partial charge in [0.15, 0.2) is 0 Å². The number of aromatic carboxylic acids is 1. The molecule has 1 aromatic heterocycles. The molecule has 2 rings (SSSR count). The fourth-order valence-corrected chi connectivity index (χ4v) is 2.07. The van der Waals surface area contributed by atoms with Gasteiger partial charge in [-0.25, -0.2) is 4.79 Å². The standard InChI is InChI=1S/C15H17NO3/c1-11-5-3-4-6-12(11)9-16(2)10-13-7-8-19-14(13)15(17)18/h3-8H,9-10H2,1-2H3,(H,17,18). The fraction of sp³-hybridized carbons (Fsp3) is 0.267. The number of hydrogen-bond donors (Lipinski definition) is 1. The second-order valence-electron chi connectivity index (χ2n) is 4.68. The highest BCUT2D eigenvalue weighted by Crippen LogP contribution is 2.15. The van der Waals surface area contributed by atoms with Crippen LogP contribution < -0.4 is 0 Å². The smallest absolute Gasteiger partial charge is 0.372 e. The van der Waals surface area contributed by atoms with Gasteiger partial charge in [0, 0.05) is 18.7 Å². The lowest BCUT2D eigenvalue weighted by molar-refractivity contribution is 0.0659. The molecule has 1 N–H and O–H groups in total. The highest BCUT2D eigenvalue weighted by molar-refractivity contribution is 5.86. The Morgan fingerprint density at radius 1 is 1.21 bits per heavy atom.